The van der Waals surface area contributed by atoms with Crippen LogP contribution in [0.4, 0.5) is 0 Å². The molecule has 1 aliphatic rings. The van der Waals surface area contributed by atoms with Gasteiger partial charge in [-0.2, -0.15) is 0 Å². The summed E-state index contributed by atoms with van der Waals surface area (Å²) in [5.74, 6) is -0.0372. The molecule has 4 rings (SSSR count). The molecule has 0 N–H and O–H groups in total. The number of rotatable bonds is 3. The fraction of sp³-hybridized carbons (Fsp3) is 0.250. The van der Waals surface area contributed by atoms with Gasteiger partial charge >= 0.3 is 0 Å². The van der Waals surface area contributed by atoms with E-state index in [1.54, 1.807) is 24.5 Å². The molecule has 116 valence electrons. The Balaban J connectivity index is 1.79. The molecule has 7 nitrogen and oxygen atoms in total. The van der Waals surface area contributed by atoms with Crippen molar-refractivity contribution in [2.75, 3.05) is 20.3 Å². The van der Waals surface area contributed by atoms with Crippen LogP contribution in [0.2, 0.25) is 0 Å². The van der Waals surface area contributed by atoms with Crippen LogP contribution in [0.25, 0.3) is 16.9 Å². The molecular formula is C16H15N5O2. The van der Waals surface area contributed by atoms with Crippen LogP contribution >= 0.6 is 0 Å². The van der Waals surface area contributed by atoms with Crippen LogP contribution < -0.4 is 0 Å². The average molecular weight is 309 g/mol. The van der Waals surface area contributed by atoms with Crippen molar-refractivity contribution in [3.63, 3.8) is 0 Å². The van der Waals surface area contributed by atoms with Crippen LogP contribution in [-0.2, 0) is 4.74 Å². The van der Waals surface area contributed by atoms with Crippen molar-refractivity contribution in [3.05, 3.63) is 48.7 Å². The molecule has 1 fully saturated rings. The Morgan fingerprint density at radius 2 is 2.13 bits per heavy atom. The lowest BCUT2D eigenvalue weighted by molar-refractivity contribution is -0.0467. The number of para-hydroxylation sites is 1. The zero-order chi connectivity index (χ0) is 15.8. The Bertz CT molecular complexity index is 872. The average Bonchev–Trinajstić information content (AvgIpc) is 2.96. The first kappa shape index (κ1) is 13.8. The number of carbonyl (C=O) groups excluding carboxylic acids is 1. The molecule has 1 aromatic carbocycles. The Morgan fingerprint density at radius 3 is 2.91 bits per heavy atom. The van der Waals surface area contributed by atoms with Gasteiger partial charge in [0, 0.05) is 7.05 Å². The number of carbonyl (C=O) groups is 1. The predicted molar refractivity (Wildman–Crippen MR) is 83.4 cm³/mol. The minimum Gasteiger partial charge on any atom is -0.377 e. The minimum atomic E-state index is -0.0372. The minimum absolute atomic E-state index is 0.0372. The van der Waals surface area contributed by atoms with Crippen LogP contribution in [0.3, 0.4) is 0 Å². The topological polar surface area (TPSA) is 73.1 Å². The van der Waals surface area contributed by atoms with E-state index in [9.17, 15) is 4.79 Å². The van der Waals surface area contributed by atoms with Gasteiger partial charge < -0.3 is 9.64 Å². The number of likely N-dealkylation sites (N-methyl/N-ethyl adjacent to an activating group) is 1. The second-order valence-electron chi connectivity index (χ2n) is 5.47. The molecule has 0 radical (unpaired) electrons. The summed E-state index contributed by atoms with van der Waals surface area (Å²) in [4.78, 5) is 27.1. The van der Waals surface area contributed by atoms with Gasteiger partial charge in [0.2, 0.25) is 0 Å². The second-order valence-corrected chi connectivity index (χ2v) is 5.47. The van der Waals surface area contributed by atoms with Gasteiger partial charge in [0.25, 0.3) is 5.91 Å². The van der Waals surface area contributed by atoms with E-state index < -0.39 is 0 Å². The molecule has 1 amide bonds. The summed E-state index contributed by atoms with van der Waals surface area (Å²) in [6.45, 7) is 1.18. The molecule has 2 aromatic heterocycles. The molecular weight excluding hydrogens is 294 g/mol. The standard InChI is InChI=1S/C16H15N5O2/c1-20(11-7-23-8-11)16(22)12-4-2-3-5-14(12)21-10-19-13-6-17-9-18-15(13)21/h2-6,9-11H,7-8H2,1H3. The number of imidazole rings is 1. The number of fused-ring (bicyclic) bond motifs is 1. The van der Waals surface area contributed by atoms with Crippen molar-refractivity contribution in [2.45, 2.75) is 6.04 Å². The van der Waals surface area contributed by atoms with Gasteiger partial charge in [-0.05, 0) is 12.1 Å². The molecule has 0 bridgehead atoms. The molecule has 0 aliphatic carbocycles. The maximum Gasteiger partial charge on any atom is 0.256 e. The number of ether oxygens (including phenoxy) is 1. The van der Waals surface area contributed by atoms with E-state index in [2.05, 4.69) is 15.0 Å². The highest BCUT2D eigenvalue weighted by atomic mass is 16.5. The lowest BCUT2D eigenvalue weighted by Gasteiger charge is -2.34. The SMILES string of the molecule is CN(C(=O)c1ccccc1-n1cnc2cncnc21)C1COC1. The first-order valence-electron chi connectivity index (χ1n) is 7.33. The summed E-state index contributed by atoms with van der Waals surface area (Å²) in [6.07, 6.45) is 4.79. The van der Waals surface area contributed by atoms with Crippen LogP contribution in [0.5, 0.6) is 0 Å². The Kier molecular flexibility index (Phi) is 3.27. The molecule has 1 saturated heterocycles. The summed E-state index contributed by atoms with van der Waals surface area (Å²) < 4.78 is 6.99. The van der Waals surface area contributed by atoms with Crippen molar-refractivity contribution in [2.24, 2.45) is 0 Å². The van der Waals surface area contributed by atoms with Gasteiger partial charge in [-0.15, -0.1) is 0 Å². The smallest absolute Gasteiger partial charge is 0.256 e. The van der Waals surface area contributed by atoms with Crippen molar-refractivity contribution in [1.82, 2.24) is 24.4 Å². The van der Waals surface area contributed by atoms with E-state index >= 15 is 0 Å². The molecule has 0 saturated carbocycles. The highest BCUT2D eigenvalue weighted by Gasteiger charge is 2.28. The first-order chi connectivity index (χ1) is 11.3. The number of nitrogens with zero attached hydrogens (tertiary/aromatic N) is 5. The maximum atomic E-state index is 12.8. The lowest BCUT2D eigenvalue weighted by Crippen LogP contribution is -2.49. The third-order valence-corrected chi connectivity index (χ3v) is 4.10. The highest BCUT2D eigenvalue weighted by molar-refractivity contribution is 5.98. The Morgan fingerprint density at radius 1 is 1.30 bits per heavy atom. The van der Waals surface area contributed by atoms with Gasteiger partial charge in [-0.1, -0.05) is 12.1 Å². The monoisotopic (exact) mass is 309 g/mol. The molecule has 0 unspecified atom stereocenters. The summed E-state index contributed by atoms with van der Waals surface area (Å²) in [6, 6.07) is 7.60. The van der Waals surface area contributed by atoms with E-state index in [4.69, 9.17) is 4.74 Å². The quantitative estimate of drug-likeness (QED) is 0.729. The van der Waals surface area contributed by atoms with Crippen LogP contribution in [0.15, 0.2) is 43.1 Å². The maximum absolute atomic E-state index is 12.8. The second kappa shape index (κ2) is 5.44. The lowest BCUT2D eigenvalue weighted by atomic mass is 10.1. The van der Waals surface area contributed by atoms with Gasteiger partial charge in [0.1, 0.15) is 18.2 Å². The number of amides is 1. The van der Waals surface area contributed by atoms with Crippen molar-refractivity contribution >= 4 is 17.1 Å². The largest absolute Gasteiger partial charge is 0.377 e. The fourth-order valence-electron chi connectivity index (χ4n) is 2.61. The van der Waals surface area contributed by atoms with Crippen molar-refractivity contribution in [3.8, 4) is 5.69 Å². The van der Waals surface area contributed by atoms with Crippen molar-refractivity contribution in [1.29, 1.82) is 0 Å². The Hall–Kier alpha value is -2.80. The molecule has 0 spiro atoms. The first-order valence-corrected chi connectivity index (χ1v) is 7.33. The molecule has 23 heavy (non-hydrogen) atoms. The third-order valence-electron chi connectivity index (χ3n) is 4.10. The van der Waals surface area contributed by atoms with E-state index in [-0.39, 0.29) is 11.9 Å². The Labute approximate surface area is 132 Å². The van der Waals surface area contributed by atoms with Crippen LogP contribution in [0, 0.1) is 0 Å². The van der Waals surface area contributed by atoms with Gasteiger partial charge in [-0.25, -0.2) is 15.0 Å². The summed E-state index contributed by atoms with van der Waals surface area (Å²) >= 11 is 0. The van der Waals surface area contributed by atoms with Crippen molar-refractivity contribution < 1.29 is 9.53 Å². The van der Waals surface area contributed by atoms with Crippen LogP contribution in [0.1, 0.15) is 10.4 Å². The van der Waals surface area contributed by atoms with Crippen LogP contribution in [-0.4, -0.2) is 56.6 Å². The third kappa shape index (κ3) is 2.25. The van der Waals surface area contributed by atoms with E-state index in [0.717, 1.165) is 5.69 Å². The normalized spacial score (nSPS) is 14.7. The highest BCUT2D eigenvalue weighted by Crippen LogP contribution is 2.22. The summed E-state index contributed by atoms with van der Waals surface area (Å²) in [7, 11) is 1.81. The van der Waals surface area contributed by atoms with Gasteiger partial charge in [0.15, 0.2) is 5.65 Å². The summed E-state index contributed by atoms with van der Waals surface area (Å²) in [5, 5.41) is 0. The molecule has 1 aliphatic heterocycles. The molecule has 3 aromatic rings. The van der Waals surface area contributed by atoms with Gasteiger partial charge in [-0.3, -0.25) is 9.36 Å². The van der Waals surface area contributed by atoms with Gasteiger partial charge in [0.05, 0.1) is 36.7 Å². The molecule has 0 atom stereocenters. The van der Waals surface area contributed by atoms with E-state index in [0.29, 0.717) is 29.9 Å². The van der Waals surface area contributed by atoms with E-state index in [1.807, 2.05) is 28.8 Å². The number of aromatic nitrogens is 4. The molecule has 3 heterocycles. The van der Waals surface area contributed by atoms with E-state index in [1.165, 1.54) is 6.33 Å². The predicted octanol–water partition coefficient (Wildman–Crippen LogP) is 1.29. The molecule has 7 heteroatoms. The zero-order valence-electron chi connectivity index (χ0n) is 12.6. The zero-order valence-corrected chi connectivity index (χ0v) is 12.6. The summed E-state index contributed by atoms with van der Waals surface area (Å²) in [5.41, 5.74) is 2.73. The fourth-order valence-corrected chi connectivity index (χ4v) is 2.61. The number of hydrogen-bond acceptors (Lipinski definition) is 5. The number of benzene rings is 1. The number of hydrogen-bond donors (Lipinski definition) is 0.